The van der Waals surface area contributed by atoms with Crippen molar-refractivity contribution in [2.45, 2.75) is 0 Å². The molecule has 2 amide bonds. The van der Waals surface area contributed by atoms with Gasteiger partial charge in [-0.25, -0.2) is 9.97 Å². The van der Waals surface area contributed by atoms with Crippen molar-refractivity contribution in [3.05, 3.63) is 56.5 Å². The van der Waals surface area contributed by atoms with Gasteiger partial charge in [-0.3, -0.25) is 20.2 Å². The molecule has 0 saturated heterocycles. The predicted molar refractivity (Wildman–Crippen MR) is 96.6 cm³/mol. The first-order valence-corrected chi connectivity index (χ1v) is 8.97. The van der Waals surface area contributed by atoms with Gasteiger partial charge >= 0.3 is 0 Å². The van der Waals surface area contributed by atoms with Gasteiger partial charge in [0.05, 0.1) is 21.2 Å². The highest BCUT2D eigenvalue weighted by molar-refractivity contribution is 7.14. The van der Waals surface area contributed by atoms with Gasteiger partial charge < -0.3 is 0 Å². The lowest BCUT2D eigenvalue weighted by molar-refractivity contribution is 0.0990. The lowest BCUT2D eigenvalue weighted by Gasteiger charge is -2.10. The van der Waals surface area contributed by atoms with Gasteiger partial charge in [-0.1, -0.05) is 23.2 Å². The Labute approximate surface area is 154 Å². The SMILES string of the molecule is O=C(Nc1nccs1)c1cc(Cl)c(Cl)cc1C(=O)Nc1nccs1. The molecule has 3 rings (SSSR count). The van der Waals surface area contributed by atoms with E-state index in [4.69, 9.17) is 23.2 Å². The summed E-state index contributed by atoms with van der Waals surface area (Å²) in [6.45, 7) is 0. The molecule has 6 nitrogen and oxygen atoms in total. The Hall–Kier alpha value is -2.00. The number of rotatable bonds is 4. The van der Waals surface area contributed by atoms with Gasteiger partial charge in [-0.2, -0.15) is 0 Å². The largest absolute Gasteiger partial charge is 0.298 e. The molecule has 0 unspecified atom stereocenters. The van der Waals surface area contributed by atoms with Crippen molar-refractivity contribution >= 4 is 68.0 Å². The second kappa shape index (κ2) is 7.27. The Bertz CT molecular complexity index is 809. The molecule has 0 spiro atoms. The minimum Gasteiger partial charge on any atom is -0.298 e. The molecule has 2 N–H and O–H groups in total. The van der Waals surface area contributed by atoms with Crippen molar-refractivity contribution in [3.8, 4) is 0 Å². The minimum absolute atomic E-state index is 0.0913. The number of carbonyl (C=O) groups excluding carboxylic acids is 2. The van der Waals surface area contributed by atoms with Gasteiger partial charge in [0.25, 0.3) is 11.8 Å². The Morgan fingerprint density at radius 3 is 1.58 bits per heavy atom. The molecular formula is C14H8Cl2N4O2S2. The Morgan fingerprint density at radius 2 is 1.25 bits per heavy atom. The molecule has 0 aliphatic heterocycles. The average Bonchev–Trinajstić information content (AvgIpc) is 3.23. The molecule has 24 heavy (non-hydrogen) atoms. The highest BCUT2D eigenvalue weighted by atomic mass is 35.5. The molecule has 0 aliphatic rings. The fourth-order valence-electron chi connectivity index (χ4n) is 1.82. The monoisotopic (exact) mass is 398 g/mol. The summed E-state index contributed by atoms with van der Waals surface area (Å²) in [5.74, 6) is -1.01. The summed E-state index contributed by atoms with van der Waals surface area (Å²) in [6, 6.07) is 2.70. The van der Waals surface area contributed by atoms with Crippen LogP contribution in [-0.4, -0.2) is 21.8 Å². The van der Waals surface area contributed by atoms with Crippen LogP contribution in [0, 0.1) is 0 Å². The number of nitrogens with zero attached hydrogens (tertiary/aromatic N) is 2. The molecule has 0 saturated carbocycles. The summed E-state index contributed by atoms with van der Waals surface area (Å²) < 4.78 is 0. The third kappa shape index (κ3) is 3.73. The zero-order chi connectivity index (χ0) is 17.1. The Balaban J connectivity index is 1.93. The zero-order valence-corrected chi connectivity index (χ0v) is 14.9. The van der Waals surface area contributed by atoms with Crippen molar-refractivity contribution in [3.63, 3.8) is 0 Å². The lowest BCUT2D eigenvalue weighted by Crippen LogP contribution is -2.20. The molecule has 0 radical (unpaired) electrons. The summed E-state index contributed by atoms with van der Waals surface area (Å²) in [5, 5.41) is 9.85. The van der Waals surface area contributed by atoms with E-state index in [1.54, 1.807) is 23.2 Å². The van der Waals surface area contributed by atoms with Crippen molar-refractivity contribution in [1.82, 2.24) is 9.97 Å². The maximum atomic E-state index is 12.5. The number of halogens is 2. The van der Waals surface area contributed by atoms with Crippen LogP contribution in [0.2, 0.25) is 10.0 Å². The molecule has 1 aromatic carbocycles. The predicted octanol–water partition coefficient (Wildman–Crippen LogP) is 4.41. The van der Waals surface area contributed by atoms with Gasteiger partial charge in [-0.05, 0) is 12.1 Å². The number of hydrogen-bond acceptors (Lipinski definition) is 6. The van der Waals surface area contributed by atoms with Gasteiger partial charge in [0.15, 0.2) is 10.3 Å². The van der Waals surface area contributed by atoms with E-state index >= 15 is 0 Å². The van der Waals surface area contributed by atoms with Crippen LogP contribution >= 0.6 is 45.9 Å². The summed E-state index contributed by atoms with van der Waals surface area (Å²) in [7, 11) is 0. The third-order valence-electron chi connectivity index (χ3n) is 2.86. The number of benzene rings is 1. The molecule has 2 aromatic heterocycles. The molecule has 10 heteroatoms. The van der Waals surface area contributed by atoms with Crippen molar-refractivity contribution in [2.24, 2.45) is 0 Å². The van der Waals surface area contributed by atoms with E-state index in [0.717, 1.165) is 0 Å². The standard InChI is InChI=1S/C14H8Cl2N4O2S2/c15-9-5-7(11(21)19-13-17-1-3-23-13)8(6-10(9)16)12(22)20-14-18-2-4-24-14/h1-6H,(H,17,19,21)(H,18,20,22). The quantitative estimate of drug-likeness (QED) is 0.681. The fraction of sp³-hybridized carbons (Fsp3) is 0. The third-order valence-corrected chi connectivity index (χ3v) is 4.95. The first-order valence-electron chi connectivity index (χ1n) is 6.45. The molecule has 2 heterocycles. The van der Waals surface area contributed by atoms with E-state index in [1.165, 1.54) is 34.8 Å². The van der Waals surface area contributed by atoms with E-state index in [-0.39, 0.29) is 21.2 Å². The minimum atomic E-state index is -0.507. The Kier molecular flexibility index (Phi) is 5.10. The van der Waals surface area contributed by atoms with Gasteiger partial charge in [-0.15, -0.1) is 22.7 Å². The maximum Gasteiger partial charge on any atom is 0.258 e. The number of amides is 2. The van der Waals surface area contributed by atoms with Crippen LogP contribution in [0.1, 0.15) is 20.7 Å². The second-order valence-corrected chi connectivity index (χ2v) is 7.00. The second-order valence-electron chi connectivity index (χ2n) is 4.39. The van der Waals surface area contributed by atoms with Crippen molar-refractivity contribution < 1.29 is 9.59 Å². The molecule has 0 atom stereocenters. The van der Waals surface area contributed by atoms with Crippen LogP contribution in [0.15, 0.2) is 35.3 Å². The van der Waals surface area contributed by atoms with E-state index in [2.05, 4.69) is 20.6 Å². The van der Waals surface area contributed by atoms with Gasteiger partial charge in [0.1, 0.15) is 0 Å². The molecular weight excluding hydrogens is 391 g/mol. The van der Waals surface area contributed by atoms with Gasteiger partial charge in [0.2, 0.25) is 0 Å². The number of hydrogen-bond donors (Lipinski definition) is 2. The number of thiazole rings is 2. The van der Waals surface area contributed by atoms with E-state index in [0.29, 0.717) is 10.3 Å². The molecule has 0 bridgehead atoms. The molecule has 0 aliphatic carbocycles. The normalized spacial score (nSPS) is 10.4. The topological polar surface area (TPSA) is 84.0 Å². The zero-order valence-electron chi connectivity index (χ0n) is 11.7. The lowest BCUT2D eigenvalue weighted by atomic mass is 10.1. The van der Waals surface area contributed by atoms with Crippen LogP contribution in [0.25, 0.3) is 0 Å². The van der Waals surface area contributed by atoms with Crippen LogP contribution in [-0.2, 0) is 0 Å². The summed E-state index contributed by atoms with van der Waals surface area (Å²) in [6.07, 6.45) is 3.12. The number of nitrogens with one attached hydrogen (secondary N) is 2. The number of aromatic nitrogens is 2. The summed E-state index contributed by atoms with van der Waals surface area (Å²) >= 11 is 14.5. The van der Waals surface area contributed by atoms with Crippen LogP contribution in [0.3, 0.4) is 0 Å². The molecule has 0 fully saturated rings. The fourth-order valence-corrected chi connectivity index (χ4v) is 3.20. The number of carbonyl (C=O) groups is 2. The van der Waals surface area contributed by atoms with Crippen LogP contribution < -0.4 is 10.6 Å². The van der Waals surface area contributed by atoms with Crippen LogP contribution in [0.5, 0.6) is 0 Å². The van der Waals surface area contributed by atoms with Crippen molar-refractivity contribution in [2.75, 3.05) is 10.6 Å². The van der Waals surface area contributed by atoms with E-state index < -0.39 is 11.8 Å². The molecule has 3 aromatic rings. The van der Waals surface area contributed by atoms with Crippen molar-refractivity contribution in [1.29, 1.82) is 0 Å². The number of anilines is 2. The Morgan fingerprint density at radius 1 is 0.833 bits per heavy atom. The molecule has 122 valence electrons. The van der Waals surface area contributed by atoms with E-state index in [9.17, 15) is 9.59 Å². The van der Waals surface area contributed by atoms with E-state index in [1.807, 2.05) is 0 Å². The highest BCUT2D eigenvalue weighted by Crippen LogP contribution is 2.27. The summed E-state index contributed by atoms with van der Waals surface area (Å²) in [5.41, 5.74) is 0.183. The highest BCUT2D eigenvalue weighted by Gasteiger charge is 2.21. The first kappa shape index (κ1) is 16.8. The van der Waals surface area contributed by atoms with Crippen LogP contribution in [0.4, 0.5) is 10.3 Å². The smallest absolute Gasteiger partial charge is 0.258 e. The van der Waals surface area contributed by atoms with Gasteiger partial charge in [0, 0.05) is 23.2 Å². The maximum absolute atomic E-state index is 12.5. The first-order chi connectivity index (χ1) is 11.5. The average molecular weight is 399 g/mol. The summed E-state index contributed by atoms with van der Waals surface area (Å²) in [4.78, 5) is 32.9.